The molecule has 0 saturated carbocycles. The number of H-pyrrole nitrogens is 1. The van der Waals surface area contributed by atoms with Crippen molar-refractivity contribution in [3.63, 3.8) is 0 Å². The molecule has 3 rings (SSSR count). The highest BCUT2D eigenvalue weighted by Gasteiger charge is 2.41. The molecule has 0 aliphatic carbocycles. The summed E-state index contributed by atoms with van der Waals surface area (Å²) in [5.74, 6) is -17.9. The van der Waals surface area contributed by atoms with Crippen molar-refractivity contribution >= 4 is 129 Å². The number of unbranched alkanes of at least 4 members (excludes halogenated alkanes) is 2. The van der Waals surface area contributed by atoms with Crippen molar-refractivity contribution in [2.24, 2.45) is 69.9 Å². The van der Waals surface area contributed by atoms with Crippen LogP contribution in [0.2, 0.25) is 0 Å². The van der Waals surface area contributed by atoms with Gasteiger partial charge in [0.1, 0.15) is 84.3 Å². The number of amides is 15. The normalized spacial score (nSPS) is 15.1. The van der Waals surface area contributed by atoms with Gasteiger partial charge in [0, 0.05) is 43.0 Å². The van der Waals surface area contributed by atoms with Gasteiger partial charge in [0.05, 0.1) is 19.0 Å². The van der Waals surface area contributed by atoms with Gasteiger partial charge < -0.3 is 135 Å². The van der Waals surface area contributed by atoms with Crippen LogP contribution in [0, 0.1) is 46.3 Å². The van der Waals surface area contributed by atoms with Gasteiger partial charge in [-0.2, -0.15) is 11.8 Å². The fraction of sp³-hybridized carbons (Fsp3) is 0.644. The predicted octanol–water partition coefficient (Wildman–Crippen LogP) is -1.21. The molecule has 17 atom stereocenters. The number of aromatic amines is 1. The van der Waals surface area contributed by atoms with Crippen LogP contribution in [0.3, 0.4) is 0 Å². The molecule has 2 aromatic carbocycles. The molecule has 0 spiro atoms. The van der Waals surface area contributed by atoms with E-state index in [1.54, 1.807) is 102 Å². The van der Waals surface area contributed by atoms with Crippen LogP contribution < -0.4 is 119 Å². The number of aliphatic carboxylic acids is 1. The number of carboxylic acid groups (broad SMARTS) is 1. The van der Waals surface area contributed by atoms with Gasteiger partial charge in [0.25, 0.3) is 0 Å². The van der Waals surface area contributed by atoms with E-state index in [2.05, 4.69) is 90.1 Å². The van der Waals surface area contributed by atoms with Crippen molar-refractivity contribution in [1.82, 2.24) is 90.1 Å². The van der Waals surface area contributed by atoms with E-state index in [4.69, 9.17) is 45.2 Å². The lowest BCUT2D eigenvalue weighted by molar-refractivity contribution is -0.142. The van der Waals surface area contributed by atoms with Gasteiger partial charge in [-0.05, 0) is 167 Å². The fourth-order valence-corrected chi connectivity index (χ4v) is 14.9. The Kier molecular flexibility index (Phi) is 53.0. The van der Waals surface area contributed by atoms with Crippen LogP contribution >= 0.6 is 11.8 Å². The first-order valence-electron chi connectivity index (χ1n) is 46.2. The summed E-state index contributed by atoms with van der Waals surface area (Å²) in [6, 6.07) is -6.36. The second-order valence-electron chi connectivity index (χ2n) is 35.3. The van der Waals surface area contributed by atoms with Crippen LogP contribution in [0.15, 0.2) is 54.7 Å². The van der Waals surface area contributed by atoms with Crippen LogP contribution in [0.4, 0.5) is 0 Å². The van der Waals surface area contributed by atoms with E-state index in [1.165, 1.54) is 36.0 Å². The Morgan fingerprint density at radius 1 is 0.418 bits per heavy atom. The van der Waals surface area contributed by atoms with Gasteiger partial charge in [-0.1, -0.05) is 139 Å². The van der Waals surface area contributed by atoms with E-state index in [9.17, 15) is 86.9 Å². The molecular formula is C90H151N25O18S. The Morgan fingerprint density at radius 2 is 0.806 bits per heavy atom. The number of hydrogen-bond acceptors (Lipinski definition) is 23. The van der Waals surface area contributed by atoms with Gasteiger partial charge in [-0.15, -0.1) is 0 Å². The summed E-state index contributed by atoms with van der Waals surface area (Å²) in [5, 5.41) is 78.7. The van der Waals surface area contributed by atoms with Crippen LogP contribution in [-0.2, 0) is 89.6 Å². The second-order valence-corrected chi connectivity index (χ2v) is 36.3. The number of aromatic hydroxyl groups is 1. The van der Waals surface area contributed by atoms with Crippen LogP contribution in [0.5, 0.6) is 5.75 Å². The number of hydrogen-bond donors (Lipinski definition) is 27. The maximum absolute atomic E-state index is 15.0. The lowest BCUT2D eigenvalue weighted by Gasteiger charge is -2.31. The van der Waals surface area contributed by atoms with Gasteiger partial charge in [0.15, 0.2) is 11.9 Å². The number of primary amides is 1. The summed E-state index contributed by atoms with van der Waals surface area (Å²) in [5.41, 5.74) is 36.4. The molecule has 0 fully saturated rings. The smallest absolute Gasteiger partial charge is 0.326 e. The number of nitrogens with two attached hydrogens (primary N) is 6. The van der Waals surface area contributed by atoms with Gasteiger partial charge in [-0.25, -0.2) is 4.79 Å². The quantitative estimate of drug-likeness (QED) is 0.0179. The lowest BCUT2D eigenvalue weighted by atomic mass is 9.94. The highest BCUT2D eigenvalue weighted by atomic mass is 32.2. The van der Waals surface area contributed by atoms with E-state index in [1.807, 2.05) is 18.2 Å². The average Bonchev–Trinajstić information content (AvgIpc) is 1.59. The van der Waals surface area contributed by atoms with E-state index in [0.717, 1.165) is 10.9 Å². The zero-order valence-electron chi connectivity index (χ0n) is 79.7. The minimum atomic E-state index is -1.79. The zero-order valence-corrected chi connectivity index (χ0v) is 80.5. The Labute approximate surface area is 789 Å². The summed E-state index contributed by atoms with van der Waals surface area (Å²) in [6.45, 7) is 20.6. The highest BCUT2D eigenvalue weighted by molar-refractivity contribution is 7.98. The molecule has 0 saturated heterocycles. The molecule has 33 N–H and O–H groups in total. The number of para-hydroxylation sites is 1. The zero-order chi connectivity index (χ0) is 101. The van der Waals surface area contributed by atoms with Crippen LogP contribution in [0.1, 0.15) is 203 Å². The number of aromatic nitrogens is 1. The first-order chi connectivity index (χ1) is 63.3. The summed E-state index contributed by atoms with van der Waals surface area (Å²) >= 11 is 1.34. The van der Waals surface area contributed by atoms with E-state index in [0.29, 0.717) is 55.5 Å². The number of benzene rings is 2. The first-order valence-corrected chi connectivity index (χ1v) is 47.6. The number of nitrogens with one attached hydrogen (secondary N) is 19. The summed E-state index contributed by atoms with van der Waals surface area (Å²) < 4.78 is 0. The third kappa shape index (κ3) is 42.1. The second kappa shape index (κ2) is 61.1. The van der Waals surface area contributed by atoms with Gasteiger partial charge in [-0.3, -0.25) is 82.7 Å². The molecule has 0 radical (unpaired) electrons. The fourth-order valence-electron chi connectivity index (χ4n) is 14.4. The van der Waals surface area contributed by atoms with E-state index in [-0.39, 0.29) is 133 Å². The molecule has 134 heavy (non-hydrogen) atoms. The Hall–Kier alpha value is -11.9. The summed E-state index contributed by atoms with van der Waals surface area (Å²) in [7, 11) is 0. The van der Waals surface area contributed by atoms with Gasteiger partial charge in [0.2, 0.25) is 88.6 Å². The number of phenolic OH excluding ortho intramolecular Hbond substituents is 1. The molecule has 750 valence electrons. The van der Waals surface area contributed by atoms with E-state index >= 15 is 0 Å². The van der Waals surface area contributed by atoms with E-state index < -0.39 is 216 Å². The maximum Gasteiger partial charge on any atom is 0.326 e. The summed E-state index contributed by atoms with van der Waals surface area (Å²) in [6.07, 6.45) is 5.40. The van der Waals surface area contributed by atoms with Gasteiger partial charge >= 0.3 is 5.97 Å². The number of carboxylic acids is 1. The standard InChI is InChI=1S/C90H151N25O18S/c1-14-51(10)72(115-87(131)74(53(12)16-3)114-83(127)66(44-55-46-101-59-27-18-17-25-57(55)59)108-78(122)61(29-23-38-99-89(95)96)104-75(119)58(93)26-19-21-36-91)85(129)110-64(41-48(4)5)76(120)102-47-70(118)103-65(42-49(6)7)81(125)109-67(45-69(94)117)82(126)105-60(28-20-22-37-92)80(124)113-73(52(11)15-2)86(130)112-71(50(8)9)84(128)107-62(30-24-39-100-90(97)98)77(121)106-63(35-40-134-13)79(123)111-68(88(132)133)43-54-31-33-56(116)34-32-54/h17-18,25,27,31-34,46,48-53,58,60-68,71-74,101,116H,14-16,19-24,26,28-30,35-45,47,91-93H2,1-13H3,(H2,94,117)(H,102,120)(H,103,118)(H,104,119)(H,105,126)(H,106,121)(H,107,128)(H,108,122)(H,109,125)(H,110,129)(H,111,123)(H,112,130)(H,113,124)(H,114,127)(H,115,131)(H,132,133)(H4,95,96,99)(H4,97,98,100)/t51-,52-,53-,58-,60-,61-,62-,63-,64-,65-,66-,67-,68-,71-,72-,73-,74-/m0/s1. The van der Waals surface area contributed by atoms with Crippen LogP contribution in [-0.4, -0.2) is 251 Å². The summed E-state index contributed by atoms with van der Waals surface area (Å²) in [4.78, 5) is 231. The first kappa shape index (κ1) is 116. The Bertz CT molecular complexity index is 4350. The van der Waals surface area contributed by atoms with Crippen molar-refractivity contribution in [3.05, 3.63) is 65.9 Å². The third-order valence-corrected chi connectivity index (χ3v) is 23.5. The number of thioether (sulfide) groups is 1. The number of fused-ring (bicyclic) bond motifs is 1. The molecule has 3 aromatic rings. The molecule has 15 amide bonds. The number of rotatable bonds is 65. The third-order valence-electron chi connectivity index (χ3n) is 22.9. The molecule has 0 aliphatic rings. The largest absolute Gasteiger partial charge is 0.508 e. The molecule has 0 aliphatic heterocycles. The van der Waals surface area contributed by atoms with Crippen molar-refractivity contribution in [3.8, 4) is 5.75 Å². The minimum Gasteiger partial charge on any atom is -0.508 e. The monoisotopic (exact) mass is 1900 g/mol. The molecule has 44 heteroatoms. The minimum absolute atomic E-state index is 0.0117. The molecule has 0 unspecified atom stereocenters. The predicted molar refractivity (Wildman–Crippen MR) is 511 cm³/mol. The highest BCUT2D eigenvalue weighted by Crippen LogP contribution is 2.23. The molecule has 0 bridgehead atoms. The van der Waals surface area contributed by atoms with Crippen molar-refractivity contribution in [2.75, 3.05) is 44.7 Å². The maximum atomic E-state index is 15.0. The lowest BCUT2D eigenvalue weighted by Crippen LogP contribution is -2.62. The van der Waals surface area contributed by atoms with Crippen molar-refractivity contribution in [2.45, 2.75) is 290 Å². The Balaban J connectivity index is 1.90. The number of carbonyl (C=O) groups is 16. The molecular weight excluding hydrogens is 1750 g/mol. The molecule has 1 aromatic heterocycles. The molecule has 1 heterocycles. The molecule has 43 nitrogen and oxygen atoms in total. The number of phenols is 1. The Morgan fingerprint density at radius 3 is 1.28 bits per heavy atom. The number of guanidine groups is 2. The van der Waals surface area contributed by atoms with Crippen LogP contribution in [0.25, 0.3) is 10.9 Å². The SMILES string of the molecule is CC[C@H](C)[C@H](NC(=O)[C@H](CCCCN)NC(=O)[C@H](CC(N)=O)NC(=O)[C@H](CC(C)C)NC(=O)CNC(=O)[C@H](CC(C)C)NC(=O)[C@@H](NC(=O)[C@@H](NC(=O)[C@H](Cc1c[nH]c2ccccc12)NC(=O)[C@H](CCCNC(=N)N)NC(=O)[C@@H](N)CCCCN)[C@@H](C)CC)[C@@H](C)CC)C(=O)N[C@H](C(=O)N[C@@H](CCCNC(=N)N)C(=O)N[C@@H](CCSC)C(=O)N[C@@H](Cc1ccc(O)cc1)C(=O)O)C(C)C. The van der Waals surface area contributed by atoms with Crippen molar-refractivity contribution < 1.29 is 86.9 Å². The topological polar surface area (TPSA) is 726 Å². The number of carbonyl (C=O) groups excluding carboxylic acids is 15. The van der Waals surface area contributed by atoms with Crippen molar-refractivity contribution in [1.29, 1.82) is 10.8 Å². The average molecular weight is 1900 g/mol.